The normalized spacial score (nSPS) is 12.6. The summed E-state index contributed by atoms with van der Waals surface area (Å²) in [5.41, 5.74) is 5.67. The molecular formula is C14H20N2O5. The lowest BCUT2D eigenvalue weighted by Crippen LogP contribution is -2.27. The summed E-state index contributed by atoms with van der Waals surface area (Å²) in [5.74, 6) is -1.19. The van der Waals surface area contributed by atoms with Gasteiger partial charge in [-0.1, -0.05) is 6.07 Å². The third kappa shape index (κ3) is 5.70. The van der Waals surface area contributed by atoms with Crippen LogP contribution in [0.15, 0.2) is 18.2 Å². The fourth-order valence-corrected chi connectivity index (χ4v) is 1.60. The largest absolute Gasteiger partial charge is 0.506 e. The van der Waals surface area contributed by atoms with Crippen molar-refractivity contribution in [3.8, 4) is 5.75 Å². The average molecular weight is 296 g/mol. The van der Waals surface area contributed by atoms with Gasteiger partial charge in [0.1, 0.15) is 11.4 Å². The van der Waals surface area contributed by atoms with Gasteiger partial charge in [-0.15, -0.1) is 0 Å². The smallest absolute Gasteiger partial charge is 0.412 e. The van der Waals surface area contributed by atoms with Crippen LogP contribution >= 0.6 is 0 Å². The van der Waals surface area contributed by atoms with Gasteiger partial charge in [0.25, 0.3) is 0 Å². The summed E-state index contributed by atoms with van der Waals surface area (Å²) in [7, 11) is 0. The van der Waals surface area contributed by atoms with Gasteiger partial charge in [-0.05, 0) is 38.5 Å². The van der Waals surface area contributed by atoms with Crippen LogP contribution in [-0.4, -0.2) is 27.9 Å². The van der Waals surface area contributed by atoms with E-state index in [4.69, 9.17) is 15.6 Å². The second-order valence-corrected chi connectivity index (χ2v) is 5.61. The lowest BCUT2D eigenvalue weighted by Gasteiger charge is -2.20. The van der Waals surface area contributed by atoms with E-state index in [2.05, 4.69) is 5.32 Å². The first kappa shape index (κ1) is 16.8. The molecule has 1 amide bonds. The molecule has 0 aromatic heterocycles. The van der Waals surface area contributed by atoms with Crippen molar-refractivity contribution in [1.82, 2.24) is 0 Å². The molecule has 0 saturated heterocycles. The highest BCUT2D eigenvalue weighted by Gasteiger charge is 2.18. The zero-order valence-corrected chi connectivity index (χ0v) is 12.2. The Bertz CT molecular complexity index is 537. The maximum absolute atomic E-state index is 11.7. The van der Waals surface area contributed by atoms with E-state index in [0.29, 0.717) is 5.56 Å². The summed E-state index contributed by atoms with van der Waals surface area (Å²) < 4.78 is 5.08. The number of carbonyl (C=O) groups is 2. The van der Waals surface area contributed by atoms with Crippen LogP contribution in [0.1, 0.15) is 38.8 Å². The molecule has 0 saturated carbocycles. The van der Waals surface area contributed by atoms with Crippen LogP contribution in [0, 0.1) is 0 Å². The molecular weight excluding hydrogens is 276 g/mol. The van der Waals surface area contributed by atoms with Crippen molar-refractivity contribution >= 4 is 17.7 Å². The van der Waals surface area contributed by atoms with Crippen LogP contribution in [-0.2, 0) is 9.53 Å². The standard InChI is InChI=1S/C14H20N2O5/c1-14(2,3)21-13(20)16-10-6-8(4-5-11(10)17)9(15)7-12(18)19/h4-6,9,17H,7,15H2,1-3H3,(H,16,20)(H,18,19). The lowest BCUT2D eigenvalue weighted by atomic mass is 10.0. The van der Waals surface area contributed by atoms with Crippen LogP contribution < -0.4 is 11.1 Å². The first-order valence-electron chi connectivity index (χ1n) is 6.39. The molecule has 1 aromatic rings. The summed E-state index contributed by atoms with van der Waals surface area (Å²) >= 11 is 0. The van der Waals surface area contributed by atoms with Gasteiger partial charge < -0.3 is 20.7 Å². The van der Waals surface area contributed by atoms with Crippen molar-refractivity contribution in [3.63, 3.8) is 0 Å². The Balaban J connectivity index is 2.87. The maximum atomic E-state index is 11.7. The van der Waals surface area contributed by atoms with Crippen molar-refractivity contribution in [2.24, 2.45) is 5.73 Å². The van der Waals surface area contributed by atoms with E-state index >= 15 is 0 Å². The highest BCUT2D eigenvalue weighted by atomic mass is 16.6. The minimum atomic E-state index is -1.03. The van der Waals surface area contributed by atoms with E-state index < -0.39 is 23.7 Å². The van der Waals surface area contributed by atoms with E-state index in [1.54, 1.807) is 20.8 Å². The molecule has 0 heterocycles. The highest BCUT2D eigenvalue weighted by molar-refractivity contribution is 5.87. The van der Waals surface area contributed by atoms with Crippen molar-refractivity contribution in [1.29, 1.82) is 0 Å². The second-order valence-electron chi connectivity index (χ2n) is 5.61. The van der Waals surface area contributed by atoms with Gasteiger partial charge in [0.2, 0.25) is 0 Å². The van der Waals surface area contributed by atoms with Gasteiger partial charge in [0.15, 0.2) is 0 Å². The van der Waals surface area contributed by atoms with Crippen LogP contribution in [0.3, 0.4) is 0 Å². The van der Waals surface area contributed by atoms with Gasteiger partial charge >= 0.3 is 12.1 Å². The number of benzene rings is 1. The third-order valence-corrected chi connectivity index (χ3v) is 2.48. The van der Waals surface area contributed by atoms with Crippen molar-refractivity contribution in [2.75, 3.05) is 5.32 Å². The number of carboxylic acid groups (broad SMARTS) is 1. The number of phenolic OH excluding ortho intramolecular Hbond substituents is 1. The van der Waals surface area contributed by atoms with E-state index in [9.17, 15) is 14.7 Å². The number of hydrogen-bond donors (Lipinski definition) is 4. The number of ether oxygens (including phenoxy) is 1. The third-order valence-electron chi connectivity index (χ3n) is 2.48. The monoisotopic (exact) mass is 296 g/mol. The first-order chi connectivity index (χ1) is 9.58. The van der Waals surface area contributed by atoms with E-state index in [0.717, 1.165) is 0 Å². The Morgan fingerprint density at radius 2 is 2.00 bits per heavy atom. The first-order valence-corrected chi connectivity index (χ1v) is 6.39. The van der Waals surface area contributed by atoms with Gasteiger partial charge in [-0.25, -0.2) is 4.79 Å². The van der Waals surface area contributed by atoms with Crippen molar-refractivity contribution in [3.05, 3.63) is 23.8 Å². The molecule has 5 N–H and O–H groups in total. The second kappa shape index (κ2) is 6.45. The van der Waals surface area contributed by atoms with Crippen molar-refractivity contribution in [2.45, 2.75) is 38.8 Å². The van der Waals surface area contributed by atoms with Crippen molar-refractivity contribution < 1.29 is 24.5 Å². The maximum Gasteiger partial charge on any atom is 0.412 e. The fourth-order valence-electron chi connectivity index (χ4n) is 1.60. The Kier molecular flexibility index (Phi) is 5.15. The molecule has 0 fully saturated rings. The SMILES string of the molecule is CC(C)(C)OC(=O)Nc1cc(C(N)CC(=O)O)ccc1O. The molecule has 7 nitrogen and oxygen atoms in total. The quantitative estimate of drug-likeness (QED) is 0.632. The number of hydrogen-bond acceptors (Lipinski definition) is 5. The van der Waals surface area contributed by atoms with Crippen LogP contribution in [0.5, 0.6) is 5.75 Å². The highest BCUT2D eigenvalue weighted by Crippen LogP contribution is 2.28. The zero-order valence-electron chi connectivity index (χ0n) is 12.2. The number of phenols is 1. The predicted molar refractivity (Wildman–Crippen MR) is 77.1 cm³/mol. The molecule has 0 spiro atoms. The van der Waals surface area contributed by atoms with Gasteiger partial charge in [0, 0.05) is 6.04 Å². The van der Waals surface area contributed by atoms with E-state index in [-0.39, 0.29) is 17.9 Å². The number of rotatable bonds is 4. The number of aromatic hydroxyl groups is 1. The van der Waals surface area contributed by atoms with Crippen LogP contribution in [0.25, 0.3) is 0 Å². The number of carbonyl (C=O) groups excluding carboxylic acids is 1. The molecule has 21 heavy (non-hydrogen) atoms. The molecule has 1 unspecified atom stereocenters. The number of nitrogens with two attached hydrogens (primary N) is 1. The molecule has 116 valence electrons. The Labute approximate surface area is 122 Å². The zero-order chi connectivity index (χ0) is 16.2. The molecule has 0 radical (unpaired) electrons. The number of aliphatic carboxylic acids is 1. The summed E-state index contributed by atoms with van der Waals surface area (Å²) in [6.07, 6.45) is -0.974. The number of anilines is 1. The number of nitrogens with one attached hydrogen (secondary N) is 1. The minimum Gasteiger partial charge on any atom is -0.506 e. The lowest BCUT2D eigenvalue weighted by molar-refractivity contribution is -0.137. The predicted octanol–water partition coefficient (Wildman–Crippen LogP) is 2.21. The molecule has 1 aromatic carbocycles. The Morgan fingerprint density at radius 3 is 2.52 bits per heavy atom. The fraction of sp³-hybridized carbons (Fsp3) is 0.429. The molecule has 1 rings (SSSR count). The van der Waals surface area contributed by atoms with Crippen LogP contribution in [0.4, 0.5) is 10.5 Å². The summed E-state index contributed by atoms with van der Waals surface area (Å²) in [6, 6.07) is 3.53. The molecule has 1 atom stereocenters. The van der Waals surface area contributed by atoms with Gasteiger partial charge in [-0.3, -0.25) is 10.1 Å². The summed E-state index contributed by atoms with van der Waals surface area (Å²) in [5, 5.41) is 20.8. The van der Waals surface area contributed by atoms with E-state index in [1.165, 1.54) is 18.2 Å². The average Bonchev–Trinajstić information content (AvgIpc) is 2.28. The molecule has 7 heteroatoms. The topological polar surface area (TPSA) is 122 Å². The molecule has 0 aliphatic rings. The molecule has 0 aliphatic carbocycles. The van der Waals surface area contributed by atoms with Gasteiger partial charge in [-0.2, -0.15) is 0 Å². The van der Waals surface area contributed by atoms with E-state index in [1.807, 2.05) is 0 Å². The summed E-state index contributed by atoms with van der Waals surface area (Å²) in [4.78, 5) is 22.3. The molecule has 0 bridgehead atoms. The van der Waals surface area contributed by atoms with Gasteiger partial charge in [0.05, 0.1) is 12.1 Å². The number of amides is 1. The number of carboxylic acids is 1. The summed E-state index contributed by atoms with van der Waals surface area (Å²) in [6.45, 7) is 5.14. The minimum absolute atomic E-state index is 0.114. The molecule has 0 aliphatic heterocycles. The Hall–Kier alpha value is -2.28. The van der Waals surface area contributed by atoms with Crippen LogP contribution in [0.2, 0.25) is 0 Å². The Morgan fingerprint density at radius 1 is 1.38 bits per heavy atom.